The Kier molecular flexibility index (Phi) is 3.71. The van der Waals surface area contributed by atoms with E-state index < -0.39 is 5.54 Å². The number of carbonyl (C=O) groups excluding carboxylic acids is 2. The molecule has 3 fully saturated rings. The lowest BCUT2D eigenvalue weighted by Gasteiger charge is -2.46. The summed E-state index contributed by atoms with van der Waals surface area (Å²) in [6, 6.07) is 0.0925. The van der Waals surface area contributed by atoms with Gasteiger partial charge in [-0.3, -0.25) is 9.59 Å². The molecule has 20 heavy (non-hydrogen) atoms. The number of amides is 2. The molecule has 0 radical (unpaired) electrons. The fraction of sp³-hybridized carbons (Fsp3) is 0.867. The molecule has 2 aliphatic heterocycles. The highest BCUT2D eigenvalue weighted by molar-refractivity contribution is 5.98. The first kappa shape index (κ1) is 13.9. The molecule has 1 N–H and O–H groups in total. The Morgan fingerprint density at radius 1 is 1.30 bits per heavy atom. The number of carbonyl (C=O) groups is 2. The number of ether oxygens (including phenoxy) is 1. The lowest BCUT2D eigenvalue weighted by molar-refractivity contribution is -0.154. The van der Waals surface area contributed by atoms with Gasteiger partial charge in [0.1, 0.15) is 5.54 Å². The second kappa shape index (κ2) is 5.35. The van der Waals surface area contributed by atoms with Crippen molar-refractivity contribution in [3.8, 4) is 0 Å². The Morgan fingerprint density at radius 3 is 2.70 bits per heavy atom. The van der Waals surface area contributed by atoms with Crippen molar-refractivity contribution in [3.05, 3.63) is 0 Å². The van der Waals surface area contributed by atoms with E-state index in [9.17, 15) is 9.59 Å². The zero-order chi connectivity index (χ0) is 14.2. The van der Waals surface area contributed by atoms with Crippen molar-refractivity contribution in [2.75, 3.05) is 19.8 Å². The maximum Gasteiger partial charge on any atom is 0.249 e. The molecule has 5 heteroatoms. The minimum Gasteiger partial charge on any atom is -0.381 e. The van der Waals surface area contributed by atoms with Gasteiger partial charge < -0.3 is 15.0 Å². The van der Waals surface area contributed by atoms with Crippen LogP contribution in [0.15, 0.2) is 0 Å². The lowest BCUT2D eigenvalue weighted by atomic mass is 9.78. The van der Waals surface area contributed by atoms with E-state index in [1.165, 1.54) is 0 Å². The van der Waals surface area contributed by atoms with E-state index in [1.807, 2.05) is 4.90 Å². The van der Waals surface area contributed by atoms with E-state index in [0.717, 1.165) is 45.1 Å². The molecule has 112 valence electrons. The second-order valence-electron chi connectivity index (χ2n) is 6.49. The van der Waals surface area contributed by atoms with Crippen LogP contribution in [-0.4, -0.2) is 48.1 Å². The average Bonchev–Trinajstić information content (AvgIpc) is 2.97. The van der Waals surface area contributed by atoms with Crippen LogP contribution in [0.5, 0.6) is 0 Å². The van der Waals surface area contributed by atoms with Gasteiger partial charge in [-0.25, -0.2) is 0 Å². The molecule has 1 saturated carbocycles. The molecule has 2 atom stereocenters. The maximum atomic E-state index is 12.9. The van der Waals surface area contributed by atoms with E-state index in [4.69, 9.17) is 4.74 Å². The van der Waals surface area contributed by atoms with Gasteiger partial charge in [-0.1, -0.05) is 19.3 Å². The number of hydrogen-bond acceptors (Lipinski definition) is 3. The van der Waals surface area contributed by atoms with E-state index in [2.05, 4.69) is 12.2 Å². The fourth-order valence-corrected chi connectivity index (χ4v) is 3.87. The zero-order valence-corrected chi connectivity index (χ0v) is 12.2. The van der Waals surface area contributed by atoms with Crippen LogP contribution in [0, 0.1) is 5.92 Å². The van der Waals surface area contributed by atoms with Gasteiger partial charge >= 0.3 is 0 Å². The van der Waals surface area contributed by atoms with Gasteiger partial charge in [-0.15, -0.1) is 0 Å². The summed E-state index contributed by atoms with van der Waals surface area (Å²) in [5.41, 5.74) is -0.610. The third-order valence-electron chi connectivity index (χ3n) is 5.21. The normalized spacial score (nSPS) is 31.4. The molecule has 0 aromatic heterocycles. The van der Waals surface area contributed by atoms with Crippen molar-refractivity contribution in [2.24, 2.45) is 5.92 Å². The number of nitrogens with zero attached hydrogens (tertiary/aromatic N) is 1. The molecule has 0 aromatic rings. The number of nitrogens with one attached hydrogen (secondary N) is 1. The Balaban J connectivity index is 1.79. The SMILES string of the molecule is CC(C1CCOC1)N1CC(=O)NC2(CCCCC2)C1=O. The lowest BCUT2D eigenvalue weighted by Crippen LogP contribution is -2.69. The molecule has 3 aliphatic rings. The van der Waals surface area contributed by atoms with Gasteiger partial charge in [0.2, 0.25) is 11.8 Å². The van der Waals surface area contributed by atoms with Crippen LogP contribution in [0.4, 0.5) is 0 Å². The van der Waals surface area contributed by atoms with Gasteiger partial charge in [0.15, 0.2) is 0 Å². The average molecular weight is 280 g/mol. The number of piperazine rings is 1. The third kappa shape index (κ3) is 2.32. The highest BCUT2D eigenvalue weighted by Gasteiger charge is 2.49. The maximum absolute atomic E-state index is 12.9. The summed E-state index contributed by atoms with van der Waals surface area (Å²) in [5.74, 6) is 0.499. The van der Waals surface area contributed by atoms with Crippen molar-refractivity contribution in [1.82, 2.24) is 10.2 Å². The van der Waals surface area contributed by atoms with E-state index in [-0.39, 0.29) is 24.4 Å². The molecule has 3 rings (SSSR count). The summed E-state index contributed by atoms with van der Waals surface area (Å²) in [7, 11) is 0. The van der Waals surface area contributed by atoms with Crippen molar-refractivity contribution >= 4 is 11.8 Å². The van der Waals surface area contributed by atoms with Crippen molar-refractivity contribution < 1.29 is 14.3 Å². The van der Waals surface area contributed by atoms with E-state index in [0.29, 0.717) is 12.5 Å². The molecule has 2 heterocycles. The monoisotopic (exact) mass is 280 g/mol. The first-order chi connectivity index (χ1) is 9.62. The van der Waals surface area contributed by atoms with Crippen LogP contribution in [0.1, 0.15) is 45.4 Å². The Morgan fingerprint density at radius 2 is 2.05 bits per heavy atom. The molecule has 1 spiro atoms. The molecule has 1 aliphatic carbocycles. The fourth-order valence-electron chi connectivity index (χ4n) is 3.87. The van der Waals surface area contributed by atoms with E-state index in [1.54, 1.807) is 0 Å². The number of rotatable bonds is 2. The van der Waals surface area contributed by atoms with Crippen molar-refractivity contribution in [1.29, 1.82) is 0 Å². The summed E-state index contributed by atoms with van der Waals surface area (Å²) >= 11 is 0. The van der Waals surface area contributed by atoms with Crippen molar-refractivity contribution in [2.45, 2.75) is 57.0 Å². The van der Waals surface area contributed by atoms with Crippen LogP contribution < -0.4 is 5.32 Å². The number of hydrogen-bond donors (Lipinski definition) is 1. The topological polar surface area (TPSA) is 58.6 Å². The van der Waals surface area contributed by atoms with Gasteiger partial charge in [0.05, 0.1) is 13.2 Å². The third-order valence-corrected chi connectivity index (χ3v) is 5.21. The van der Waals surface area contributed by atoms with Crippen molar-refractivity contribution in [3.63, 3.8) is 0 Å². The standard InChI is InChI=1S/C15H24N2O3/c1-11(12-5-8-20-10-12)17-9-13(18)16-15(14(17)19)6-3-2-4-7-15/h11-12H,2-10H2,1H3,(H,16,18). The quantitative estimate of drug-likeness (QED) is 0.823. The second-order valence-corrected chi connectivity index (χ2v) is 6.49. The molecule has 0 aromatic carbocycles. The summed E-state index contributed by atoms with van der Waals surface area (Å²) in [6.45, 7) is 3.75. The summed E-state index contributed by atoms with van der Waals surface area (Å²) in [5, 5.41) is 3.00. The van der Waals surface area contributed by atoms with Gasteiger partial charge in [0.25, 0.3) is 0 Å². The van der Waals surface area contributed by atoms with Crippen LogP contribution in [-0.2, 0) is 14.3 Å². The summed E-state index contributed by atoms with van der Waals surface area (Å²) in [6.07, 6.45) is 5.79. The largest absolute Gasteiger partial charge is 0.381 e. The molecule has 0 bridgehead atoms. The minimum absolute atomic E-state index is 0.00253. The predicted octanol–water partition coefficient (Wildman–Crippen LogP) is 1.07. The molecule has 2 saturated heterocycles. The van der Waals surface area contributed by atoms with Gasteiger partial charge in [-0.2, -0.15) is 0 Å². The minimum atomic E-state index is -0.610. The zero-order valence-electron chi connectivity index (χ0n) is 12.2. The van der Waals surface area contributed by atoms with Crippen LogP contribution in [0.2, 0.25) is 0 Å². The molecule has 5 nitrogen and oxygen atoms in total. The first-order valence-corrected chi connectivity index (χ1v) is 7.82. The molecular formula is C15H24N2O3. The Labute approximate surface area is 120 Å². The van der Waals surface area contributed by atoms with Gasteiger partial charge in [-0.05, 0) is 26.2 Å². The highest BCUT2D eigenvalue weighted by atomic mass is 16.5. The van der Waals surface area contributed by atoms with E-state index >= 15 is 0 Å². The Hall–Kier alpha value is -1.10. The summed E-state index contributed by atoms with van der Waals surface area (Å²) in [4.78, 5) is 26.8. The molecule has 2 amide bonds. The first-order valence-electron chi connectivity index (χ1n) is 7.82. The smallest absolute Gasteiger partial charge is 0.249 e. The van der Waals surface area contributed by atoms with Crippen LogP contribution >= 0.6 is 0 Å². The Bertz CT molecular complexity index is 398. The molecular weight excluding hydrogens is 256 g/mol. The summed E-state index contributed by atoms with van der Waals surface area (Å²) < 4.78 is 5.43. The van der Waals surface area contributed by atoms with Crippen LogP contribution in [0.25, 0.3) is 0 Å². The van der Waals surface area contributed by atoms with Gasteiger partial charge in [0, 0.05) is 18.6 Å². The van der Waals surface area contributed by atoms with Crippen LogP contribution in [0.3, 0.4) is 0 Å². The predicted molar refractivity (Wildman–Crippen MR) is 74.1 cm³/mol. The molecule has 2 unspecified atom stereocenters. The highest BCUT2D eigenvalue weighted by Crippen LogP contribution is 2.34.